The van der Waals surface area contributed by atoms with Crippen molar-refractivity contribution in [1.29, 1.82) is 0 Å². The van der Waals surface area contributed by atoms with Crippen LogP contribution in [0, 0.1) is 13.8 Å². The number of rotatable bonds is 6. The van der Waals surface area contributed by atoms with Gasteiger partial charge >= 0.3 is 0 Å². The van der Waals surface area contributed by atoms with Gasteiger partial charge in [0, 0.05) is 24.9 Å². The Labute approximate surface area is 200 Å². The zero-order valence-corrected chi connectivity index (χ0v) is 21.0. The lowest BCUT2D eigenvalue weighted by Gasteiger charge is -2.10. The number of fused-ring (bicyclic) bond motifs is 1. The average molecular weight is 553 g/mol. The van der Waals surface area contributed by atoms with Crippen molar-refractivity contribution in [3.05, 3.63) is 57.7 Å². The lowest BCUT2D eigenvalue weighted by Crippen LogP contribution is -2.37. The van der Waals surface area contributed by atoms with Crippen molar-refractivity contribution >= 4 is 62.8 Å². The van der Waals surface area contributed by atoms with Gasteiger partial charge in [0.05, 0.1) is 27.5 Å². The van der Waals surface area contributed by atoms with Gasteiger partial charge < -0.3 is 15.1 Å². The first-order valence-corrected chi connectivity index (χ1v) is 11.1. The molecule has 0 saturated heterocycles. The fraction of sp³-hybridized carbons (Fsp3) is 0.286. The molecule has 0 atom stereocenters. The van der Waals surface area contributed by atoms with Crippen LogP contribution in [0.2, 0.25) is 0 Å². The normalized spacial score (nSPS) is 11.5. The Morgan fingerprint density at radius 2 is 1.90 bits per heavy atom. The van der Waals surface area contributed by atoms with E-state index in [-0.39, 0.29) is 24.0 Å². The van der Waals surface area contributed by atoms with E-state index in [0.717, 1.165) is 56.4 Å². The quantitative estimate of drug-likeness (QED) is 0.196. The van der Waals surface area contributed by atoms with Crippen LogP contribution in [0.3, 0.4) is 0 Å². The maximum atomic E-state index is 5.98. The van der Waals surface area contributed by atoms with E-state index in [0.29, 0.717) is 6.54 Å². The molecule has 4 aromatic rings. The molecule has 0 saturated carbocycles. The van der Waals surface area contributed by atoms with E-state index >= 15 is 0 Å². The molecule has 0 bridgehead atoms. The fourth-order valence-electron chi connectivity index (χ4n) is 2.89. The number of aromatic nitrogens is 2. The largest absolute Gasteiger partial charge is 0.457 e. The zero-order chi connectivity index (χ0) is 20.2. The van der Waals surface area contributed by atoms with Crippen molar-refractivity contribution in [2.75, 3.05) is 13.6 Å². The lowest BCUT2D eigenvalue weighted by atomic mass is 10.3. The van der Waals surface area contributed by atoms with Crippen LogP contribution in [0.25, 0.3) is 21.0 Å². The number of nitrogens with zero attached hydrogens (tertiary/aromatic N) is 3. The summed E-state index contributed by atoms with van der Waals surface area (Å²) < 4.78 is 7.14. The Balaban J connectivity index is 0.00000256. The highest BCUT2D eigenvalue weighted by molar-refractivity contribution is 14.0. The highest BCUT2D eigenvalue weighted by Crippen LogP contribution is 2.31. The number of nitrogens with one attached hydrogen (secondary N) is 2. The van der Waals surface area contributed by atoms with E-state index in [1.165, 1.54) is 4.88 Å². The SMILES string of the molecule is CN=C(NCCc1nc(C)c(C)s1)NCc1ccc(-c2nc3ccccc3s2)o1.I. The molecule has 0 amide bonds. The standard InChI is InChI=1S/C21H23N5OS2.HI/c1-13-14(2)28-19(25-13)10-11-23-21(22-3)24-12-15-8-9-17(27-15)20-26-16-6-4-5-7-18(16)29-20;/h4-9H,10-12H2,1-3H3,(H2,22,23,24);1H. The van der Waals surface area contributed by atoms with E-state index in [2.05, 4.69) is 45.5 Å². The second kappa shape index (κ2) is 10.4. The summed E-state index contributed by atoms with van der Waals surface area (Å²) >= 11 is 3.39. The smallest absolute Gasteiger partial charge is 0.191 e. The fourth-order valence-corrected chi connectivity index (χ4v) is 4.75. The first-order valence-electron chi connectivity index (χ1n) is 9.44. The number of halogens is 1. The zero-order valence-electron chi connectivity index (χ0n) is 17.1. The maximum Gasteiger partial charge on any atom is 0.191 e. The number of benzene rings is 1. The minimum Gasteiger partial charge on any atom is -0.457 e. The van der Waals surface area contributed by atoms with Gasteiger partial charge in [-0.15, -0.1) is 46.7 Å². The molecule has 6 nitrogen and oxygen atoms in total. The highest BCUT2D eigenvalue weighted by Gasteiger charge is 2.11. The minimum atomic E-state index is 0. The van der Waals surface area contributed by atoms with Crippen LogP contribution in [0.4, 0.5) is 0 Å². The molecule has 2 N–H and O–H groups in total. The third-order valence-electron chi connectivity index (χ3n) is 4.52. The van der Waals surface area contributed by atoms with Gasteiger partial charge in [0.15, 0.2) is 16.7 Å². The van der Waals surface area contributed by atoms with E-state index in [1.54, 1.807) is 29.7 Å². The number of aliphatic imine (C=N–C) groups is 1. The van der Waals surface area contributed by atoms with Crippen LogP contribution in [0.1, 0.15) is 21.3 Å². The second-order valence-corrected chi connectivity index (χ2v) is 8.92. The van der Waals surface area contributed by atoms with Gasteiger partial charge in [-0.25, -0.2) is 9.97 Å². The minimum absolute atomic E-state index is 0. The topological polar surface area (TPSA) is 75.3 Å². The van der Waals surface area contributed by atoms with Crippen molar-refractivity contribution in [2.45, 2.75) is 26.8 Å². The van der Waals surface area contributed by atoms with Gasteiger partial charge in [-0.2, -0.15) is 0 Å². The van der Waals surface area contributed by atoms with E-state index < -0.39 is 0 Å². The Kier molecular flexibility index (Phi) is 7.84. The number of guanidine groups is 1. The van der Waals surface area contributed by atoms with Crippen molar-refractivity contribution in [3.63, 3.8) is 0 Å². The number of furan rings is 1. The summed E-state index contributed by atoms with van der Waals surface area (Å²) in [7, 11) is 1.77. The molecule has 4 rings (SSSR count). The molecule has 3 aromatic heterocycles. The van der Waals surface area contributed by atoms with Gasteiger partial charge in [-0.3, -0.25) is 4.99 Å². The number of para-hydroxylation sites is 1. The summed E-state index contributed by atoms with van der Waals surface area (Å²) in [6.07, 6.45) is 0.878. The van der Waals surface area contributed by atoms with Crippen molar-refractivity contribution in [3.8, 4) is 10.8 Å². The van der Waals surface area contributed by atoms with Crippen LogP contribution >= 0.6 is 46.7 Å². The van der Waals surface area contributed by atoms with Gasteiger partial charge in [0.2, 0.25) is 0 Å². The molecule has 30 heavy (non-hydrogen) atoms. The molecule has 0 unspecified atom stereocenters. The van der Waals surface area contributed by atoms with Crippen molar-refractivity contribution in [2.24, 2.45) is 4.99 Å². The van der Waals surface area contributed by atoms with Gasteiger partial charge in [-0.1, -0.05) is 12.1 Å². The third kappa shape index (κ3) is 5.38. The van der Waals surface area contributed by atoms with Crippen LogP contribution in [0.5, 0.6) is 0 Å². The summed E-state index contributed by atoms with van der Waals surface area (Å²) in [5.74, 6) is 2.38. The maximum absolute atomic E-state index is 5.98. The first-order chi connectivity index (χ1) is 14.1. The Morgan fingerprint density at radius 1 is 1.07 bits per heavy atom. The number of aryl methyl sites for hydroxylation is 2. The molecular weight excluding hydrogens is 529 g/mol. The number of thiazole rings is 2. The van der Waals surface area contributed by atoms with Gasteiger partial charge in [0.25, 0.3) is 0 Å². The third-order valence-corrected chi connectivity index (χ3v) is 6.71. The molecule has 3 heterocycles. The van der Waals surface area contributed by atoms with Crippen molar-refractivity contribution < 1.29 is 4.42 Å². The van der Waals surface area contributed by atoms with Crippen LogP contribution in [-0.4, -0.2) is 29.5 Å². The van der Waals surface area contributed by atoms with Gasteiger partial charge in [0.1, 0.15) is 5.76 Å². The van der Waals surface area contributed by atoms with Crippen LogP contribution in [0.15, 0.2) is 45.8 Å². The Hall–Kier alpha value is -1.98. The predicted molar refractivity (Wildman–Crippen MR) is 136 cm³/mol. The lowest BCUT2D eigenvalue weighted by molar-refractivity contribution is 0.513. The number of hydrogen-bond acceptors (Lipinski definition) is 6. The second-order valence-electron chi connectivity index (χ2n) is 6.60. The monoisotopic (exact) mass is 553 g/mol. The molecule has 0 aliphatic rings. The molecule has 0 spiro atoms. The number of hydrogen-bond donors (Lipinski definition) is 2. The van der Waals surface area contributed by atoms with Crippen LogP contribution in [-0.2, 0) is 13.0 Å². The molecule has 0 fully saturated rings. The summed E-state index contributed by atoms with van der Waals surface area (Å²) in [6, 6.07) is 12.1. The highest BCUT2D eigenvalue weighted by atomic mass is 127. The average Bonchev–Trinajstić information content (AvgIpc) is 3.43. The molecule has 0 aliphatic carbocycles. The summed E-state index contributed by atoms with van der Waals surface area (Å²) in [5.41, 5.74) is 2.12. The first kappa shape index (κ1) is 22.7. The molecule has 158 valence electrons. The summed E-state index contributed by atoms with van der Waals surface area (Å²) in [4.78, 5) is 14.8. The molecule has 9 heteroatoms. The van der Waals surface area contributed by atoms with E-state index in [4.69, 9.17) is 4.42 Å². The molecule has 1 aromatic carbocycles. The Morgan fingerprint density at radius 3 is 2.63 bits per heavy atom. The predicted octanol–water partition coefficient (Wildman–Crippen LogP) is 5.16. The van der Waals surface area contributed by atoms with Crippen LogP contribution < -0.4 is 10.6 Å². The Bertz CT molecular complexity index is 1090. The molecular formula is C21H24IN5OS2. The summed E-state index contributed by atoms with van der Waals surface area (Å²) in [5, 5.41) is 8.66. The summed E-state index contributed by atoms with van der Waals surface area (Å²) in [6.45, 7) is 5.49. The molecule has 0 radical (unpaired) electrons. The van der Waals surface area contributed by atoms with E-state index in [1.807, 2.05) is 30.3 Å². The van der Waals surface area contributed by atoms with Gasteiger partial charge in [-0.05, 0) is 38.1 Å². The van der Waals surface area contributed by atoms with E-state index in [9.17, 15) is 0 Å². The van der Waals surface area contributed by atoms with Crippen molar-refractivity contribution in [1.82, 2.24) is 20.6 Å². The molecule has 0 aliphatic heterocycles.